The molecular weight excluding hydrogens is 322 g/mol. The zero-order valence-corrected chi connectivity index (χ0v) is 15.1. The van der Waals surface area contributed by atoms with Crippen molar-refractivity contribution in [3.8, 4) is 0 Å². The molecular formula is C19H23NO3S. The van der Waals surface area contributed by atoms with Gasteiger partial charge in [-0.2, -0.15) is 0 Å². The highest BCUT2D eigenvalue weighted by Crippen LogP contribution is 2.18. The third-order valence-electron chi connectivity index (χ3n) is 3.84. The number of carbonyl (C=O) groups excluding carboxylic acids is 1. The third kappa shape index (κ3) is 5.20. The number of aryl methyl sites for hydroxylation is 1. The Bertz CT molecular complexity index is 794. The smallest absolute Gasteiger partial charge is 0.251 e. The lowest BCUT2D eigenvalue weighted by molar-refractivity contribution is 0.0935. The van der Waals surface area contributed by atoms with Gasteiger partial charge >= 0.3 is 0 Å². The maximum absolute atomic E-state index is 12.4. The molecule has 0 heterocycles. The second kappa shape index (κ2) is 7.62. The van der Waals surface area contributed by atoms with Crippen LogP contribution in [0.1, 0.15) is 46.4 Å². The lowest BCUT2D eigenvalue weighted by atomic mass is 10.0. The molecule has 2 rings (SSSR count). The van der Waals surface area contributed by atoms with E-state index in [1.54, 1.807) is 24.3 Å². The number of carbonyl (C=O) groups is 1. The van der Waals surface area contributed by atoms with E-state index in [4.69, 9.17) is 0 Å². The Kier molecular flexibility index (Phi) is 5.78. The Morgan fingerprint density at radius 3 is 2.12 bits per heavy atom. The molecule has 0 unspecified atom stereocenters. The Balaban J connectivity index is 2.09. The van der Waals surface area contributed by atoms with Gasteiger partial charge in [-0.05, 0) is 36.6 Å². The van der Waals surface area contributed by atoms with E-state index < -0.39 is 9.84 Å². The van der Waals surface area contributed by atoms with Crippen molar-refractivity contribution in [2.45, 2.75) is 32.1 Å². The first-order valence-corrected chi connectivity index (χ1v) is 9.98. The van der Waals surface area contributed by atoms with Crippen molar-refractivity contribution in [2.24, 2.45) is 0 Å². The third-order valence-corrected chi connectivity index (χ3v) is 4.70. The fourth-order valence-electron chi connectivity index (χ4n) is 2.52. The monoisotopic (exact) mass is 345 g/mol. The number of amides is 1. The largest absolute Gasteiger partial charge is 0.345 e. The van der Waals surface area contributed by atoms with Crippen LogP contribution in [0.15, 0.2) is 48.5 Å². The van der Waals surface area contributed by atoms with Crippen LogP contribution in [0.4, 0.5) is 0 Å². The Labute approximate surface area is 143 Å². The van der Waals surface area contributed by atoms with Crippen molar-refractivity contribution >= 4 is 15.7 Å². The normalized spacial score (nSPS) is 12.6. The molecule has 2 aromatic rings. The predicted molar refractivity (Wildman–Crippen MR) is 96.7 cm³/mol. The van der Waals surface area contributed by atoms with Gasteiger partial charge in [-0.25, -0.2) is 8.42 Å². The van der Waals surface area contributed by atoms with Crippen LogP contribution >= 0.6 is 0 Å². The minimum atomic E-state index is -3.07. The van der Waals surface area contributed by atoms with Crippen molar-refractivity contribution in [2.75, 3.05) is 6.26 Å². The van der Waals surface area contributed by atoms with Crippen molar-refractivity contribution in [1.29, 1.82) is 0 Å². The van der Waals surface area contributed by atoms with Gasteiger partial charge < -0.3 is 5.32 Å². The number of nitrogens with one attached hydrogen (secondary N) is 1. The van der Waals surface area contributed by atoms with Crippen molar-refractivity contribution < 1.29 is 13.2 Å². The second-order valence-electron chi connectivity index (χ2n) is 6.11. The Morgan fingerprint density at radius 2 is 1.62 bits per heavy atom. The molecule has 0 aliphatic heterocycles. The Morgan fingerprint density at radius 1 is 1.04 bits per heavy atom. The summed E-state index contributed by atoms with van der Waals surface area (Å²) in [6.45, 7) is 4.06. The number of sulfone groups is 1. The standard InChI is InChI=1S/C19H23NO3S/c1-4-18(16-9-5-14(2)6-10-16)20-19(21)17-11-7-15(8-12-17)13-24(3,22)23/h5-12,18H,4,13H2,1-3H3,(H,20,21)/t18-/m1/s1. The molecule has 128 valence electrons. The van der Waals surface area contributed by atoms with Crippen LogP contribution in [0.2, 0.25) is 0 Å². The first-order valence-electron chi connectivity index (χ1n) is 7.92. The van der Waals surface area contributed by atoms with E-state index in [9.17, 15) is 13.2 Å². The molecule has 4 nitrogen and oxygen atoms in total. The summed E-state index contributed by atoms with van der Waals surface area (Å²) < 4.78 is 22.6. The van der Waals surface area contributed by atoms with Crippen LogP contribution in [0.5, 0.6) is 0 Å². The molecule has 0 spiro atoms. The van der Waals surface area contributed by atoms with Gasteiger partial charge in [-0.3, -0.25) is 4.79 Å². The zero-order valence-electron chi connectivity index (χ0n) is 14.2. The molecule has 24 heavy (non-hydrogen) atoms. The molecule has 1 N–H and O–H groups in total. The molecule has 0 radical (unpaired) electrons. The van der Waals surface area contributed by atoms with E-state index in [1.165, 1.54) is 11.8 Å². The predicted octanol–water partition coefficient (Wildman–Crippen LogP) is 3.42. The van der Waals surface area contributed by atoms with Crippen LogP contribution in [0.25, 0.3) is 0 Å². The van der Waals surface area contributed by atoms with Gasteiger partial charge in [0.2, 0.25) is 0 Å². The van der Waals surface area contributed by atoms with Crippen LogP contribution < -0.4 is 5.32 Å². The average Bonchev–Trinajstić information content (AvgIpc) is 2.52. The fraction of sp³-hybridized carbons (Fsp3) is 0.316. The summed E-state index contributed by atoms with van der Waals surface area (Å²) in [7, 11) is -3.07. The molecule has 0 bridgehead atoms. The van der Waals surface area contributed by atoms with Gasteiger partial charge in [0.1, 0.15) is 0 Å². The minimum absolute atomic E-state index is 0.0180. The van der Waals surface area contributed by atoms with Crippen LogP contribution in [-0.2, 0) is 15.6 Å². The number of hydrogen-bond donors (Lipinski definition) is 1. The maximum atomic E-state index is 12.4. The quantitative estimate of drug-likeness (QED) is 0.872. The van der Waals surface area contributed by atoms with Crippen molar-refractivity contribution in [1.82, 2.24) is 5.32 Å². The summed E-state index contributed by atoms with van der Waals surface area (Å²) in [6.07, 6.45) is 1.99. The molecule has 5 heteroatoms. The summed E-state index contributed by atoms with van der Waals surface area (Å²) in [6, 6.07) is 14.8. The van der Waals surface area contributed by atoms with Gasteiger partial charge in [0.05, 0.1) is 11.8 Å². The van der Waals surface area contributed by atoms with Gasteiger partial charge in [0.25, 0.3) is 5.91 Å². The van der Waals surface area contributed by atoms with E-state index in [2.05, 4.69) is 5.32 Å². The highest BCUT2D eigenvalue weighted by molar-refractivity contribution is 7.89. The maximum Gasteiger partial charge on any atom is 0.251 e. The van der Waals surface area contributed by atoms with Gasteiger partial charge in [0, 0.05) is 11.8 Å². The summed E-state index contributed by atoms with van der Waals surface area (Å²) >= 11 is 0. The number of hydrogen-bond acceptors (Lipinski definition) is 3. The first-order chi connectivity index (χ1) is 11.3. The molecule has 0 aliphatic carbocycles. The van der Waals surface area contributed by atoms with Gasteiger partial charge in [0.15, 0.2) is 9.84 Å². The molecule has 1 atom stereocenters. The number of benzene rings is 2. The highest BCUT2D eigenvalue weighted by atomic mass is 32.2. The lowest BCUT2D eigenvalue weighted by Crippen LogP contribution is -2.28. The summed E-state index contributed by atoms with van der Waals surface area (Å²) in [5, 5.41) is 3.03. The summed E-state index contributed by atoms with van der Waals surface area (Å²) in [5.74, 6) is -0.177. The van der Waals surface area contributed by atoms with Gasteiger partial charge in [-0.1, -0.05) is 48.9 Å². The fourth-order valence-corrected chi connectivity index (χ4v) is 3.31. The van der Waals surface area contributed by atoms with Crippen molar-refractivity contribution in [3.63, 3.8) is 0 Å². The lowest BCUT2D eigenvalue weighted by Gasteiger charge is -2.18. The topological polar surface area (TPSA) is 63.2 Å². The molecule has 0 saturated heterocycles. The molecule has 0 aromatic heterocycles. The SMILES string of the molecule is CC[C@@H](NC(=O)c1ccc(CS(C)(=O)=O)cc1)c1ccc(C)cc1. The van der Waals surface area contributed by atoms with Crippen LogP contribution in [-0.4, -0.2) is 20.6 Å². The van der Waals surface area contributed by atoms with Crippen LogP contribution in [0, 0.1) is 6.92 Å². The van der Waals surface area contributed by atoms with Crippen LogP contribution in [0.3, 0.4) is 0 Å². The van der Waals surface area contributed by atoms with Gasteiger partial charge in [-0.15, -0.1) is 0 Å². The molecule has 1 amide bonds. The van der Waals surface area contributed by atoms with E-state index >= 15 is 0 Å². The van der Waals surface area contributed by atoms with Crippen molar-refractivity contribution in [3.05, 3.63) is 70.8 Å². The summed E-state index contributed by atoms with van der Waals surface area (Å²) in [5.41, 5.74) is 3.46. The average molecular weight is 345 g/mol. The molecule has 0 fully saturated rings. The second-order valence-corrected chi connectivity index (χ2v) is 8.25. The Hall–Kier alpha value is -2.14. The molecule has 2 aromatic carbocycles. The summed E-state index contributed by atoms with van der Waals surface area (Å²) in [4.78, 5) is 12.4. The molecule has 0 saturated carbocycles. The molecule has 0 aliphatic rings. The van der Waals surface area contributed by atoms with E-state index in [-0.39, 0.29) is 17.7 Å². The van der Waals surface area contributed by atoms with E-state index in [0.29, 0.717) is 11.1 Å². The number of rotatable bonds is 6. The first kappa shape index (κ1) is 18.2. The zero-order chi connectivity index (χ0) is 17.7. The highest BCUT2D eigenvalue weighted by Gasteiger charge is 2.14. The van der Waals surface area contributed by atoms with E-state index in [0.717, 1.165) is 12.0 Å². The minimum Gasteiger partial charge on any atom is -0.345 e. The van der Waals surface area contributed by atoms with E-state index in [1.807, 2.05) is 38.1 Å².